The molecule has 2 rings (SSSR count). The van der Waals surface area contributed by atoms with Crippen molar-refractivity contribution >= 4 is 22.9 Å². The monoisotopic (exact) mass is 266 g/mol. The lowest BCUT2D eigenvalue weighted by molar-refractivity contribution is 0.615. The third-order valence-electron chi connectivity index (χ3n) is 2.66. The van der Waals surface area contributed by atoms with Crippen LogP contribution >= 0.6 is 22.9 Å². The van der Waals surface area contributed by atoms with Crippen LogP contribution in [0.1, 0.15) is 29.1 Å². The van der Waals surface area contributed by atoms with Gasteiger partial charge in [0.25, 0.3) is 0 Å². The van der Waals surface area contributed by atoms with E-state index in [1.165, 1.54) is 10.4 Å². The van der Waals surface area contributed by atoms with Crippen molar-refractivity contribution in [3.63, 3.8) is 0 Å². The Labute approximate surface area is 111 Å². The quantitative estimate of drug-likeness (QED) is 0.910. The van der Waals surface area contributed by atoms with E-state index in [0.29, 0.717) is 5.02 Å². The summed E-state index contributed by atoms with van der Waals surface area (Å²) in [6.45, 7) is 5.15. The fourth-order valence-corrected chi connectivity index (χ4v) is 2.68. The van der Waals surface area contributed by atoms with E-state index in [1.54, 1.807) is 17.5 Å². The molecule has 1 unspecified atom stereocenters. The molecule has 0 spiro atoms. The van der Waals surface area contributed by atoms with Gasteiger partial charge in [0.2, 0.25) is 0 Å². The molecule has 2 nitrogen and oxygen atoms in total. The lowest BCUT2D eigenvalue weighted by Crippen LogP contribution is -2.23. The first-order chi connectivity index (χ1) is 8.22. The van der Waals surface area contributed by atoms with E-state index >= 15 is 0 Å². The van der Waals surface area contributed by atoms with E-state index in [2.05, 4.69) is 35.6 Å². The van der Waals surface area contributed by atoms with Crippen molar-refractivity contribution in [2.45, 2.75) is 19.9 Å². The predicted octanol–water partition coefficient (Wildman–Crippen LogP) is 3.80. The lowest BCUT2D eigenvalue weighted by atomic mass is 10.0. The van der Waals surface area contributed by atoms with E-state index in [4.69, 9.17) is 11.6 Å². The minimum absolute atomic E-state index is 0.156. The highest BCUT2D eigenvalue weighted by Gasteiger charge is 2.16. The average Bonchev–Trinajstić information content (AvgIpc) is 2.74. The van der Waals surface area contributed by atoms with Crippen molar-refractivity contribution in [1.82, 2.24) is 10.3 Å². The maximum atomic E-state index is 5.87. The molecule has 0 amide bonds. The van der Waals surface area contributed by atoms with Crippen LogP contribution in [0.5, 0.6) is 0 Å². The number of aromatic nitrogens is 1. The third kappa shape index (κ3) is 2.86. The first-order valence-electron chi connectivity index (χ1n) is 5.61. The highest BCUT2D eigenvalue weighted by atomic mass is 35.5. The Hall–Kier alpha value is -0.900. The van der Waals surface area contributed by atoms with Crippen LogP contribution in [0.4, 0.5) is 0 Å². The molecule has 0 saturated heterocycles. The third-order valence-corrected chi connectivity index (χ3v) is 3.75. The molecular weight excluding hydrogens is 252 g/mol. The number of halogens is 1. The van der Waals surface area contributed by atoms with Gasteiger partial charge in [0, 0.05) is 11.1 Å². The Kier molecular flexibility index (Phi) is 4.15. The Morgan fingerprint density at radius 2 is 2.24 bits per heavy atom. The maximum absolute atomic E-state index is 5.87. The Morgan fingerprint density at radius 3 is 2.76 bits per heavy atom. The molecule has 4 heteroatoms. The second-order valence-electron chi connectivity index (χ2n) is 3.82. The molecule has 90 valence electrons. The van der Waals surface area contributed by atoms with Gasteiger partial charge in [0.1, 0.15) is 0 Å². The molecule has 0 saturated carbocycles. The highest BCUT2D eigenvalue weighted by molar-refractivity contribution is 7.10. The van der Waals surface area contributed by atoms with Crippen LogP contribution in [0.2, 0.25) is 5.02 Å². The highest BCUT2D eigenvalue weighted by Crippen LogP contribution is 2.27. The normalized spacial score (nSPS) is 12.6. The topological polar surface area (TPSA) is 24.9 Å². The number of thiophene rings is 1. The van der Waals surface area contributed by atoms with Crippen molar-refractivity contribution in [2.24, 2.45) is 0 Å². The molecule has 0 aliphatic rings. The van der Waals surface area contributed by atoms with Gasteiger partial charge in [-0.3, -0.25) is 4.98 Å². The number of hydrogen-bond donors (Lipinski definition) is 1. The van der Waals surface area contributed by atoms with Crippen molar-refractivity contribution in [2.75, 3.05) is 6.54 Å². The number of pyridine rings is 1. The standard InChI is InChI=1S/C13H15ClN2S/c1-3-15-13(11-6-7-17-9(11)2)12-5-4-10(14)8-16-12/h4-8,13,15H,3H2,1-2H3. The summed E-state index contributed by atoms with van der Waals surface area (Å²) >= 11 is 7.63. The van der Waals surface area contributed by atoms with E-state index in [9.17, 15) is 0 Å². The van der Waals surface area contributed by atoms with Crippen LogP contribution in [-0.4, -0.2) is 11.5 Å². The Bertz CT molecular complexity index is 478. The van der Waals surface area contributed by atoms with Crippen molar-refractivity contribution < 1.29 is 0 Å². The van der Waals surface area contributed by atoms with Gasteiger partial charge >= 0.3 is 0 Å². The van der Waals surface area contributed by atoms with Crippen molar-refractivity contribution in [3.8, 4) is 0 Å². The van der Waals surface area contributed by atoms with Crippen LogP contribution in [-0.2, 0) is 0 Å². The molecule has 0 radical (unpaired) electrons. The lowest BCUT2D eigenvalue weighted by Gasteiger charge is -2.17. The van der Waals surface area contributed by atoms with Gasteiger partial charge in [-0.25, -0.2) is 0 Å². The number of aryl methyl sites for hydroxylation is 1. The molecule has 17 heavy (non-hydrogen) atoms. The molecular formula is C13H15ClN2S. The largest absolute Gasteiger partial charge is 0.305 e. The molecule has 1 N–H and O–H groups in total. The van der Waals surface area contributed by atoms with Gasteiger partial charge in [0.05, 0.1) is 16.8 Å². The molecule has 0 aromatic carbocycles. The van der Waals surface area contributed by atoms with E-state index in [1.807, 2.05) is 12.1 Å². The second-order valence-corrected chi connectivity index (χ2v) is 5.38. The number of nitrogens with one attached hydrogen (secondary N) is 1. The molecule has 1 atom stereocenters. The van der Waals surface area contributed by atoms with Gasteiger partial charge in [-0.05, 0) is 42.6 Å². The summed E-state index contributed by atoms with van der Waals surface area (Å²) in [5, 5.41) is 6.25. The molecule has 0 aliphatic carbocycles. The van der Waals surface area contributed by atoms with Gasteiger partial charge in [-0.1, -0.05) is 18.5 Å². The summed E-state index contributed by atoms with van der Waals surface area (Å²) < 4.78 is 0. The SMILES string of the molecule is CCNC(c1ccc(Cl)cn1)c1ccsc1C. The minimum atomic E-state index is 0.156. The molecule has 0 aliphatic heterocycles. The zero-order chi connectivity index (χ0) is 12.3. The summed E-state index contributed by atoms with van der Waals surface area (Å²) in [6.07, 6.45) is 1.70. The Morgan fingerprint density at radius 1 is 1.41 bits per heavy atom. The zero-order valence-electron chi connectivity index (χ0n) is 9.90. The first-order valence-corrected chi connectivity index (χ1v) is 6.87. The van der Waals surface area contributed by atoms with Crippen LogP contribution in [0.3, 0.4) is 0 Å². The minimum Gasteiger partial charge on any atom is -0.305 e. The maximum Gasteiger partial charge on any atom is 0.0762 e. The average molecular weight is 267 g/mol. The van der Waals surface area contributed by atoms with Gasteiger partial charge < -0.3 is 5.32 Å². The number of rotatable bonds is 4. The van der Waals surface area contributed by atoms with Gasteiger partial charge in [-0.15, -0.1) is 11.3 Å². The van der Waals surface area contributed by atoms with E-state index in [0.717, 1.165) is 12.2 Å². The summed E-state index contributed by atoms with van der Waals surface area (Å²) in [4.78, 5) is 5.73. The van der Waals surface area contributed by atoms with Crippen LogP contribution in [0, 0.1) is 6.92 Å². The second kappa shape index (κ2) is 5.63. The summed E-state index contributed by atoms with van der Waals surface area (Å²) in [6, 6.07) is 6.18. The van der Waals surface area contributed by atoms with E-state index < -0.39 is 0 Å². The van der Waals surface area contributed by atoms with Gasteiger partial charge in [-0.2, -0.15) is 0 Å². The fraction of sp³-hybridized carbons (Fsp3) is 0.308. The Balaban J connectivity index is 2.35. The first kappa shape index (κ1) is 12.6. The predicted molar refractivity (Wildman–Crippen MR) is 73.8 cm³/mol. The van der Waals surface area contributed by atoms with Gasteiger partial charge in [0.15, 0.2) is 0 Å². The summed E-state index contributed by atoms with van der Waals surface area (Å²) in [7, 11) is 0. The van der Waals surface area contributed by atoms with Crippen LogP contribution in [0.15, 0.2) is 29.8 Å². The molecule has 2 heterocycles. The van der Waals surface area contributed by atoms with Crippen molar-refractivity contribution in [1.29, 1.82) is 0 Å². The summed E-state index contributed by atoms with van der Waals surface area (Å²) in [5.74, 6) is 0. The summed E-state index contributed by atoms with van der Waals surface area (Å²) in [5.41, 5.74) is 2.31. The van der Waals surface area contributed by atoms with Crippen LogP contribution < -0.4 is 5.32 Å². The molecule has 2 aromatic rings. The zero-order valence-corrected chi connectivity index (χ0v) is 11.5. The molecule has 2 aromatic heterocycles. The van der Waals surface area contributed by atoms with Crippen LogP contribution in [0.25, 0.3) is 0 Å². The fourth-order valence-electron chi connectivity index (χ4n) is 1.83. The van der Waals surface area contributed by atoms with Crippen molar-refractivity contribution in [3.05, 3.63) is 50.9 Å². The molecule has 0 fully saturated rings. The molecule has 0 bridgehead atoms. The smallest absolute Gasteiger partial charge is 0.0762 e. The number of nitrogens with zero attached hydrogens (tertiary/aromatic N) is 1. The number of hydrogen-bond acceptors (Lipinski definition) is 3. The van der Waals surface area contributed by atoms with E-state index in [-0.39, 0.29) is 6.04 Å².